The summed E-state index contributed by atoms with van der Waals surface area (Å²) >= 11 is 0. The van der Waals surface area contributed by atoms with Gasteiger partial charge < -0.3 is 14.4 Å². The molecule has 0 spiro atoms. The lowest BCUT2D eigenvalue weighted by Gasteiger charge is -2.34. The molecule has 3 aromatic rings. The molecule has 0 unspecified atom stereocenters. The molecule has 1 aliphatic rings. The molecule has 6 heteroatoms. The van der Waals surface area contributed by atoms with Crippen molar-refractivity contribution in [1.29, 1.82) is 0 Å². The number of carbonyl (C=O) groups is 1. The van der Waals surface area contributed by atoms with Crippen LogP contribution in [0.4, 0.5) is 0 Å². The number of fused-ring (bicyclic) bond motifs is 1. The second kappa shape index (κ2) is 8.58. The van der Waals surface area contributed by atoms with E-state index in [9.17, 15) is 4.79 Å². The Labute approximate surface area is 177 Å². The summed E-state index contributed by atoms with van der Waals surface area (Å²) in [4.78, 5) is 22.2. The van der Waals surface area contributed by atoms with Crippen molar-refractivity contribution in [2.24, 2.45) is 0 Å². The van der Waals surface area contributed by atoms with E-state index in [-0.39, 0.29) is 12.5 Å². The number of β-amino-alcohol motifs (C(OH)–C–C–N with tert-alkyl or cyclic N) is 1. The van der Waals surface area contributed by atoms with Crippen LogP contribution in [0.15, 0.2) is 36.5 Å². The van der Waals surface area contributed by atoms with E-state index in [2.05, 4.69) is 60.4 Å². The lowest BCUT2D eigenvalue weighted by molar-refractivity contribution is -0.132. The second-order valence-electron chi connectivity index (χ2n) is 8.26. The normalized spacial score (nSPS) is 15.1. The molecule has 0 atom stereocenters. The number of aryl methyl sites for hydroxylation is 3. The molecule has 1 amide bonds. The Hall–Kier alpha value is -2.70. The third kappa shape index (κ3) is 4.11. The minimum atomic E-state index is 0.131. The molecule has 1 aliphatic heterocycles. The predicted molar refractivity (Wildman–Crippen MR) is 119 cm³/mol. The van der Waals surface area contributed by atoms with Crippen LogP contribution in [0.2, 0.25) is 0 Å². The number of carbonyl (C=O) groups excluding carboxylic acids is 1. The van der Waals surface area contributed by atoms with Crippen LogP contribution < -0.4 is 0 Å². The number of hydrogen-bond donors (Lipinski definition) is 1. The van der Waals surface area contributed by atoms with E-state index in [1.54, 1.807) is 0 Å². The van der Waals surface area contributed by atoms with Crippen molar-refractivity contribution in [1.82, 2.24) is 19.2 Å². The molecule has 158 valence electrons. The Balaban J connectivity index is 1.65. The van der Waals surface area contributed by atoms with Crippen LogP contribution in [-0.2, 0) is 11.2 Å². The number of amides is 1. The van der Waals surface area contributed by atoms with Crippen LogP contribution in [0.5, 0.6) is 0 Å². The van der Waals surface area contributed by atoms with Gasteiger partial charge in [0.05, 0.1) is 24.4 Å². The Morgan fingerprint density at radius 1 is 1.03 bits per heavy atom. The minimum Gasteiger partial charge on any atom is -0.395 e. The molecule has 0 aliphatic carbocycles. The zero-order valence-corrected chi connectivity index (χ0v) is 18.1. The summed E-state index contributed by atoms with van der Waals surface area (Å²) in [5.74, 6) is 0.131. The fraction of sp³-hybridized carbons (Fsp3) is 0.417. The Morgan fingerprint density at radius 3 is 2.50 bits per heavy atom. The number of pyridine rings is 1. The van der Waals surface area contributed by atoms with E-state index in [0.717, 1.165) is 41.3 Å². The first-order valence-corrected chi connectivity index (χ1v) is 10.6. The molecule has 0 radical (unpaired) electrons. The minimum absolute atomic E-state index is 0.131. The quantitative estimate of drug-likeness (QED) is 0.708. The number of benzene rings is 1. The fourth-order valence-electron chi connectivity index (χ4n) is 4.10. The first-order valence-electron chi connectivity index (χ1n) is 10.6. The number of aliphatic hydroxyl groups is 1. The molecule has 1 aromatic carbocycles. The van der Waals surface area contributed by atoms with Crippen molar-refractivity contribution in [3.63, 3.8) is 0 Å². The van der Waals surface area contributed by atoms with Gasteiger partial charge in [-0.3, -0.25) is 9.69 Å². The summed E-state index contributed by atoms with van der Waals surface area (Å²) in [6, 6.07) is 10.5. The average Bonchev–Trinajstić information content (AvgIpc) is 3.08. The highest BCUT2D eigenvalue weighted by Gasteiger charge is 2.24. The molecule has 6 nitrogen and oxygen atoms in total. The zero-order valence-electron chi connectivity index (χ0n) is 18.1. The molecule has 1 saturated heterocycles. The molecule has 1 N–H and O–H groups in total. The van der Waals surface area contributed by atoms with Gasteiger partial charge in [-0.05, 0) is 55.7 Å². The van der Waals surface area contributed by atoms with E-state index in [0.29, 0.717) is 26.1 Å². The van der Waals surface area contributed by atoms with Gasteiger partial charge in [0.1, 0.15) is 5.65 Å². The molecule has 4 rings (SSSR count). The third-order valence-electron chi connectivity index (χ3n) is 6.12. The van der Waals surface area contributed by atoms with E-state index < -0.39 is 0 Å². The summed E-state index contributed by atoms with van der Waals surface area (Å²) in [6.45, 7) is 10.1. The van der Waals surface area contributed by atoms with Crippen molar-refractivity contribution < 1.29 is 9.90 Å². The third-order valence-corrected chi connectivity index (χ3v) is 6.12. The Kier molecular flexibility index (Phi) is 5.88. The largest absolute Gasteiger partial charge is 0.395 e. The summed E-state index contributed by atoms with van der Waals surface area (Å²) in [5.41, 5.74) is 7.37. The van der Waals surface area contributed by atoms with Gasteiger partial charge in [-0.15, -0.1) is 0 Å². The molecule has 30 heavy (non-hydrogen) atoms. The standard InChI is InChI=1S/C24H30N4O2/c1-17-6-7-28-21(16-23(30)27-10-8-26(9-11-27)12-13-29)24(25-22(28)14-17)20-5-4-18(2)19(3)15-20/h4-7,14-15,29H,8-13,16H2,1-3H3. The van der Waals surface area contributed by atoms with Crippen molar-refractivity contribution in [2.75, 3.05) is 39.3 Å². The number of aliphatic hydroxyl groups excluding tert-OH is 1. The monoisotopic (exact) mass is 406 g/mol. The molecule has 0 saturated carbocycles. The maximum absolute atomic E-state index is 13.2. The van der Waals surface area contributed by atoms with Crippen LogP contribution in [-0.4, -0.2) is 69.5 Å². The maximum Gasteiger partial charge on any atom is 0.228 e. The number of piperazine rings is 1. The summed E-state index contributed by atoms with van der Waals surface area (Å²) in [6.07, 6.45) is 2.34. The van der Waals surface area contributed by atoms with E-state index in [1.165, 1.54) is 11.1 Å². The fourth-order valence-corrected chi connectivity index (χ4v) is 4.10. The van der Waals surface area contributed by atoms with Gasteiger partial charge in [0.25, 0.3) is 0 Å². The molecule has 3 heterocycles. The van der Waals surface area contributed by atoms with Gasteiger partial charge in [0, 0.05) is 44.5 Å². The van der Waals surface area contributed by atoms with Crippen LogP contribution >= 0.6 is 0 Å². The SMILES string of the molecule is Cc1ccn2c(CC(=O)N3CCN(CCO)CC3)c(-c3ccc(C)c(C)c3)nc2c1. The van der Waals surface area contributed by atoms with Crippen molar-refractivity contribution in [3.8, 4) is 11.3 Å². The van der Waals surface area contributed by atoms with Gasteiger partial charge in [0.15, 0.2) is 0 Å². The Bertz CT molecular complexity index is 1060. The smallest absolute Gasteiger partial charge is 0.228 e. The molecule has 0 bridgehead atoms. The van der Waals surface area contributed by atoms with Crippen LogP contribution in [0.3, 0.4) is 0 Å². The molecule has 2 aromatic heterocycles. The van der Waals surface area contributed by atoms with Crippen molar-refractivity contribution in [2.45, 2.75) is 27.2 Å². The first kappa shape index (κ1) is 20.6. The van der Waals surface area contributed by atoms with Gasteiger partial charge in [-0.1, -0.05) is 12.1 Å². The average molecular weight is 407 g/mol. The van der Waals surface area contributed by atoms with E-state index >= 15 is 0 Å². The van der Waals surface area contributed by atoms with Crippen molar-refractivity contribution >= 4 is 11.6 Å². The van der Waals surface area contributed by atoms with Crippen LogP contribution in [0, 0.1) is 20.8 Å². The topological polar surface area (TPSA) is 61.1 Å². The molecular weight excluding hydrogens is 376 g/mol. The molecule has 1 fully saturated rings. The van der Waals surface area contributed by atoms with Gasteiger partial charge >= 0.3 is 0 Å². The van der Waals surface area contributed by atoms with Gasteiger partial charge in [-0.25, -0.2) is 4.98 Å². The van der Waals surface area contributed by atoms with Crippen molar-refractivity contribution in [3.05, 3.63) is 58.9 Å². The summed E-state index contributed by atoms with van der Waals surface area (Å²) in [7, 11) is 0. The molecular formula is C24H30N4O2. The number of rotatable bonds is 5. The highest BCUT2D eigenvalue weighted by atomic mass is 16.3. The second-order valence-corrected chi connectivity index (χ2v) is 8.26. The number of nitrogens with zero attached hydrogens (tertiary/aromatic N) is 4. The lowest BCUT2D eigenvalue weighted by Crippen LogP contribution is -2.49. The van der Waals surface area contributed by atoms with Crippen LogP contribution in [0.25, 0.3) is 16.9 Å². The Morgan fingerprint density at radius 2 is 1.80 bits per heavy atom. The van der Waals surface area contributed by atoms with Gasteiger partial charge in [-0.2, -0.15) is 0 Å². The highest BCUT2D eigenvalue weighted by molar-refractivity contribution is 5.82. The summed E-state index contributed by atoms with van der Waals surface area (Å²) < 4.78 is 2.05. The number of imidazole rings is 1. The maximum atomic E-state index is 13.2. The summed E-state index contributed by atoms with van der Waals surface area (Å²) in [5, 5.41) is 9.13. The first-order chi connectivity index (χ1) is 14.5. The highest BCUT2D eigenvalue weighted by Crippen LogP contribution is 2.27. The zero-order chi connectivity index (χ0) is 21.3. The van der Waals surface area contributed by atoms with E-state index in [1.807, 2.05) is 11.1 Å². The lowest BCUT2D eigenvalue weighted by atomic mass is 10.0. The van der Waals surface area contributed by atoms with Crippen LogP contribution in [0.1, 0.15) is 22.4 Å². The predicted octanol–water partition coefficient (Wildman–Crippen LogP) is 2.61. The number of hydrogen-bond acceptors (Lipinski definition) is 4. The number of aromatic nitrogens is 2. The van der Waals surface area contributed by atoms with E-state index in [4.69, 9.17) is 10.1 Å². The van der Waals surface area contributed by atoms with Gasteiger partial charge in [0.2, 0.25) is 5.91 Å².